The van der Waals surface area contributed by atoms with Crippen LogP contribution in [0, 0.1) is 0 Å². The van der Waals surface area contributed by atoms with Crippen LogP contribution in [0.4, 0.5) is 9.59 Å². The van der Waals surface area contributed by atoms with Gasteiger partial charge < -0.3 is 55.2 Å². The van der Waals surface area contributed by atoms with Crippen molar-refractivity contribution < 1.29 is 57.2 Å². The van der Waals surface area contributed by atoms with Crippen molar-refractivity contribution in [3.8, 4) is 33.8 Å². The van der Waals surface area contributed by atoms with Crippen LogP contribution in [0.3, 0.4) is 0 Å². The van der Waals surface area contributed by atoms with Crippen molar-refractivity contribution >= 4 is 41.8 Å². The van der Waals surface area contributed by atoms with Gasteiger partial charge in [-0.3, -0.25) is 19.2 Å². The molecule has 392 valence electrons. The summed E-state index contributed by atoms with van der Waals surface area (Å²) in [4.78, 5) is 95.1. The number of nitrogens with one attached hydrogen (secondary N) is 5. The molecule has 0 unspecified atom stereocenters. The average Bonchev–Trinajstić information content (AvgIpc) is 3.31. The number of nitrogens with zero attached hydrogens (tertiary/aromatic N) is 1. The zero-order valence-electron chi connectivity index (χ0n) is 43.9. The molecule has 18 heteroatoms. The number of esters is 1. The summed E-state index contributed by atoms with van der Waals surface area (Å²) in [6.07, 6.45) is -1.33. The van der Waals surface area contributed by atoms with Crippen molar-refractivity contribution in [2.24, 2.45) is 0 Å². The first-order valence-corrected chi connectivity index (χ1v) is 24.1. The van der Waals surface area contributed by atoms with Crippen LogP contribution in [0.1, 0.15) is 102 Å². The summed E-state index contributed by atoms with van der Waals surface area (Å²) >= 11 is 0. The first-order valence-electron chi connectivity index (χ1n) is 24.1. The van der Waals surface area contributed by atoms with E-state index < -0.39 is 77.7 Å². The Morgan fingerprint density at radius 1 is 0.658 bits per heavy atom. The zero-order chi connectivity index (χ0) is 53.8. The third-order valence-corrected chi connectivity index (χ3v) is 11.4. The summed E-state index contributed by atoms with van der Waals surface area (Å²) in [6, 6.07) is 21.3. The molecule has 3 atom stereocenters. The van der Waals surface area contributed by atoms with Gasteiger partial charge in [0.2, 0.25) is 17.7 Å². The Bertz CT molecular complexity index is 2630. The number of ether oxygens (including phenoxy) is 5. The van der Waals surface area contributed by atoms with Crippen molar-refractivity contribution in [2.45, 2.75) is 110 Å². The maximum atomic E-state index is 14.5. The minimum Gasteiger partial charge on any atom is -0.491 e. The van der Waals surface area contributed by atoms with Crippen molar-refractivity contribution in [1.82, 2.24) is 31.5 Å². The summed E-state index contributed by atoms with van der Waals surface area (Å²) < 4.78 is 28.4. The number of hydrogen-bond acceptors (Lipinski definition) is 12. The van der Waals surface area contributed by atoms with Gasteiger partial charge in [0.15, 0.2) is 0 Å². The summed E-state index contributed by atoms with van der Waals surface area (Å²) in [7, 11) is 2.59. The normalized spacial score (nSPS) is 16.0. The molecule has 1 aliphatic rings. The lowest BCUT2D eigenvalue weighted by Gasteiger charge is -2.30. The predicted molar refractivity (Wildman–Crippen MR) is 275 cm³/mol. The Morgan fingerprint density at radius 3 is 1.70 bits per heavy atom. The molecule has 0 saturated carbocycles. The molecule has 73 heavy (non-hydrogen) atoms. The lowest BCUT2D eigenvalue weighted by Crippen LogP contribution is -2.53. The van der Waals surface area contributed by atoms with E-state index in [0.717, 1.165) is 16.0 Å². The summed E-state index contributed by atoms with van der Waals surface area (Å²) in [5.74, 6) is -2.80. The van der Waals surface area contributed by atoms with Gasteiger partial charge in [-0.05, 0) is 118 Å². The van der Waals surface area contributed by atoms with Gasteiger partial charge in [0.25, 0.3) is 5.91 Å². The smallest absolute Gasteiger partial charge is 0.407 e. The first-order chi connectivity index (χ1) is 34.2. The number of amides is 6. The molecular formula is C55H70N6O12. The molecule has 4 bridgehead atoms. The van der Waals surface area contributed by atoms with Crippen LogP contribution in [0.25, 0.3) is 22.3 Å². The third-order valence-electron chi connectivity index (χ3n) is 11.4. The van der Waals surface area contributed by atoms with Crippen LogP contribution in [0.2, 0.25) is 0 Å². The van der Waals surface area contributed by atoms with Crippen LogP contribution in [-0.4, -0.2) is 117 Å². The van der Waals surface area contributed by atoms with Crippen molar-refractivity contribution in [1.29, 1.82) is 0 Å². The highest BCUT2D eigenvalue weighted by Gasteiger charge is 2.34. The Kier molecular flexibility index (Phi) is 18.7. The summed E-state index contributed by atoms with van der Waals surface area (Å²) in [5.41, 5.74) is 3.54. The molecule has 4 aromatic rings. The molecule has 18 nitrogen and oxygen atoms in total. The number of alkyl carbamates (subject to hydrolysis) is 2. The number of likely N-dealkylation sites (N-methyl/N-ethyl adjacent to an activating group) is 1. The molecule has 1 aliphatic heterocycles. The third kappa shape index (κ3) is 16.5. The van der Waals surface area contributed by atoms with E-state index in [2.05, 4.69) is 59.5 Å². The van der Waals surface area contributed by atoms with Gasteiger partial charge in [-0.25, -0.2) is 14.4 Å². The highest BCUT2D eigenvalue weighted by atomic mass is 16.6. The summed E-state index contributed by atoms with van der Waals surface area (Å²) in [6.45, 7) is 17.9. The molecule has 4 aromatic carbocycles. The molecule has 0 spiro atoms. The van der Waals surface area contributed by atoms with Crippen molar-refractivity contribution in [2.75, 3.05) is 47.0 Å². The van der Waals surface area contributed by atoms with E-state index >= 15 is 0 Å². The minimum atomic E-state index is -1.41. The quantitative estimate of drug-likeness (QED) is 0.0501. The van der Waals surface area contributed by atoms with E-state index in [1.165, 1.54) is 26.6 Å². The number of benzene rings is 4. The molecule has 6 amide bonds. The van der Waals surface area contributed by atoms with Gasteiger partial charge >= 0.3 is 18.2 Å². The number of methoxy groups -OCH3 is 1. The second-order valence-corrected chi connectivity index (χ2v) is 20.7. The molecule has 0 radical (unpaired) electrons. The highest BCUT2D eigenvalue weighted by Crippen LogP contribution is 2.40. The van der Waals surface area contributed by atoms with E-state index in [1.807, 2.05) is 24.3 Å². The van der Waals surface area contributed by atoms with E-state index in [4.69, 9.17) is 23.7 Å². The summed E-state index contributed by atoms with van der Waals surface area (Å²) in [5, 5.41) is 13.4. The van der Waals surface area contributed by atoms with Gasteiger partial charge in [-0.1, -0.05) is 69.3 Å². The Labute approximate surface area is 427 Å². The van der Waals surface area contributed by atoms with E-state index in [-0.39, 0.29) is 49.5 Å². The number of carbonyl (C=O) groups excluding carboxylic acids is 7. The van der Waals surface area contributed by atoms with Crippen LogP contribution in [-0.2, 0) is 45.2 Å². The van der Waals surface area contributed by atoms with Crippen LogP contribution < -0.4 is 36.1 Å². The van der Waals surface area contributed by atoms with E-state index in [9.17, 15) is 33.6 Å². The Balaban J connectivity index is 1.51. The number of hydrogen-bond donors (Lipinski definition) is 5. The van der Waals surface area contributed by atoms with Gasteiger partial charge in [0, 0.05) is 30.2 Å². The maximum Gasteiger partial charge on any atom is 0.407 e. The molecule has 0 saturated heterocycles. The average molecular weight is 1010 g/mol. The SMILES string of the molecule is COC(=O)[C@@H]1Cc2ccc(OCCNC(=O)OC(C)(C)C)c(c2)-c2cc(ccc2OCCNC(=O)OC(C)(C)C)[C@H](N(C)C(=O)CNC(=O)c2ccc(-c3ccc(C(C)(C)C)cc3)cc2)C(=O)N[C@@H](C)C(=O)N1. The predicted octanol–water partition coefficient (Wildman–Crippen LogP) is 6.77. The van der Waals surface area contributed by atoms with Gasteiger partial charge in [-0.2, -0.15) is 0 Å². The van der Waals surface area contributed by atoms with Crippen molar-refractivity contribution in [3.05, 3.63) is 107 Å². The Morgan fingerprint density at radius 2 is 1.18 bits per heavy atom. The molecule has 1 heterocycles. The van der Waals surface area contributed by atoms with Crippen LogP contribution in [0.15, 0.2) is 84.9 Å². The molecule has 0 fully saturated rings. The van der Waals surface area contributed by atoms with E-state index in [0.29, 0.717) is 28.0 Å². The lowest BCUT2D eigenvalue weighted by molar-refractivity contribution is -0.145. The molecule has 0 aromatic heterocycles. The largest absolute Gasteiger partial charge is 0.491 e. The first kappa shape index (κ1) is 56.3. The number of rotatable bonds is 14. The minimum absolute atomic E-state index is 0.00159. The van der Waals surface area contributed by atoms with Crippen molar-refractivity contribution in [3.63, 3.8) is 0 Å². The molecule has 5 rings (SSSR count). The van der Waals surface area contributed by atoms with Crippen LogP contribution in [0.5, 0.6) is 11.5 Å². The molecule has 5 N–H and O–H groups in total. The van der Waals surface area contributed by atoms with Gasteiger partial charge in [-0.15, -0.1) is 0 Å². The standard InChI is InChI=1S/C55H70N6O12/c1-33-47(63)60-42(50(66)69-12)30-34-13-23-43(70-27-25-56-51(67)72-54(5,6)7)40(29-34)41-31-38(20-24-44(41)71-28-26-57-52(68)73-55(8,9)10)46(49(65)59-33)61(11)45(62)32-58-48(64)37-16-14-35(15-17-37)36-18-21-39(22-19-36)53(2,3)4/h13-24,29,31,33,42,46H,25-28,30,32H2,1-12H3,(H,56,67)(H,57,68)(H,58,64)(H,59,65)(H,60,63)/t33-,42-,46-/m0/s1. The fourth-order valence-corrected chi connectivity index (χ4v) is 7.63. The zero-order valence-corrected chi connectivity index (χ0v) is 43.9. The molecular weight excluding hydrogens is 937 g/mol. The topological polar surface area (TPSA) is 229 Å². The lowest BCUT2D eigenvalue weighted by atomic mass is 9.86. The highest BCUT2D eigenvalue weighted by molar-refractivity contribution is 5.98. The second kappa shape index (κ2) is 24.2. The monoisotopic (exact) mass is 1010 g/mol. The fraction of sp³-hybridized carbons (Fsp3) is 0.436. The van der Waals surface area contributed by atoms with Gasteiger partial charge in [0.05, 0.1) is 26.7 Å². The van der Waals surface area contributed by atoms with E-state index in [1.54, 1.807) is 90.1 Å². The molecule has 0 aliphatic carbocycles. The number of fused-ring (bicyclic) bond motifs is 5. The maximum absolute atomic E-state index is 14.5. The second-order valence-electron chi connectivity index (χ2n) is 20.7. The van der Waals surface area contributed by atoms with Crippen LogP contribution >= 0.6 is 0 Å². The van der Waals surface area contributed by atoms with Gasteiger partial charge in [0.1, 0.15) is 54.0 Å². The Hall–Kier alpha value is -7.63. The fourth-order valence-electron chi connectivity index (χ4n) is 7.63. The number of carbonyl (C=O) groups is 7.